The molecule has 0 spiro atoms. The van der Waals surface area contributed by atoms with Crippen LogP contribution in [0.4, 0.5) is 0 Å². The number of hydrogen-bond donors (Lipinski definition) is 1. The topological polar surface area (TPSA) is 68.3 Å². The smallest absolute Gasteiger partial charge is 0.263 e. The number of aromatic hydroxyl groups is 1. The average Bonchev–Trinajstić information content (AvgIpc) is 3.54. The molecule has 6 rings (SSSR count). The number of fused-ring (bicyclic) bond motifs is 3. The Morgan fingerprint density at radius 2 is 1.94 bits per heavy atom. The Labute approximate surface area is 212 Å². The summed E-state index contributed by atoms with van der Waals surface area (Å²) in [5, 5.41) is 12.1. The zero-order valence-electron chi connectivity index (χ0n) is 20.0. The number of rotatable bonds is 6. The number of hydrogen-bond acceptors (Lipinski definition) is 5. The first-order valence-corrected chi connectivity index (χ1v) is 13.0. The second-order valence-electron chi connectivity index (χ2n) is 9.37. The lowest BCUT2D eigenvalue weighted by atomic mass is 9.91. The van der Waals surface area contributed by atoms with Gasteiger partial charge in [0.2, 0.25) is 0 Å². The molecule has 1 N–H and O–H groups in total. The van der Waals surface area contributed by atoms with Gasteiger partial charge < -0.3 is 9.52 Å². The van der Waals surface area contributed by atoms with Gasteiger partial charge in [-0.25, -0.2) is 4.98 Å². The van der Waals surface area contributed by atoms with E-state index >= 15 is 0 Å². The molecule has 0 saturated heterocycles. The summed E-state index contributed by atoms with van der Waals surface area (Å²) in [5.41, 5.74) is 3.31. The van der Waals surface area contributed by atoms with Gasteiger partial charge in [0.1, 0.15) is 22.2 Å². The standard InChI is InChI=1S/C30H26N2O3S/c1-19-8-5-6-11-21(19)17-25-31-29-27(30(34)32(25)18-23-12-7-15-35-23)26-22(13-14-24(33)28(26)36-29)16-20-9-3-2-4-10-20/h2-7,9-15,19,33H,8,16-18H2,1H3. The van der Waals surface area contributed by atoms with Gasteiger partial charge in [0, 0.05) is 11.8 Å². The lowest BCUT2D eigenvalue weighted by molar-refractivity contribution is 0.482. The third kappa shape index (κ3) is 4.07. The van der Waals surface area contributed by atoms with E-state index in [1.165, 1.54) is 16.9 Å². The van der Waals surface area contributed by atoms with Gasteiger partial charge in [-0.15, -0.1) is 11.3 Å². The fourth-order valence-corrected chi connectivity index (χ4v) is 6.12. The van der Waals surface area contributed by atoms with E-state index in [2.05, 4.69) is 37.3 Å². The number of furan rings is 1. The second-order valence-corrected chi connectivity index (χ2v) is 10.4. The Hall–Kier alpha value is -3.90. The molecule has 1 aliphatic carbocycles. The van der Waals surface area contributed by atoms with Crippen LogP contribution in [0.3, 0.4) is 0 Å². The van der Waals surface area contributed by atoms with Crippen LogP contribution in [0.2, 0.25) is 0 Å². The molecule has 36 heavy (non-hydrogen) atoms. The van der Waals surface area contributed by atoms with Crippen molar-refractivity contribution in [3.05, 3.63) is 118 Å². The molecule has 1 atom stereocenters. The Kier molecular flexibility index (Phi) is 5.82. The van der Waals surface area contributed by atoms with E-state index in [4.69, 9.17) is 9.40 Å². The fraction of sp³-hybridized carbons (Fsp3) is 0.200. The highest BCUT2D eigenvalue weighted by molar-refractivity contribution is 7.25. The molecule has 180 valence electrons. The molecule has 0 fully saturated rings. The van der Waals surface area contributed by atoms with Crippen molar-refractivity contribution >= 4 is 31.6 Å². The van der Waals surface area contributed by atoms with Gasteiger partial charge in [-0.2, -0.15) is 0 Å². The molecule has 1 aliphatic rings. The van der Waals surface area contributed by atoms with E-state index in [0.29, 0.717) is 51.8 Å². The zero-order chi connectivity index (χ0) is 24.6. The molecule has 0 radical (unpaired) electrons. The van der Waals surface area contributed by atoms with Crippen molar-refractivity contribution in [2.75, 3.05) is 0 Å². The number of nitrogens with zero attached hydrogens (tertiary/aromatic N) is 2. The number of thiophene rings is 1. The largest absolute Gasteiger partial charge is 0.506 e. The highest BCUT2D eigenvalue weighted by Crippen LogP contribution is 2.40. The lowest BCUT2D eigenvalue weighted by Crippen LogP contribution is -2.26. The van der Waals surface area contributed by atoms with Crippen LogP contribution < -0.4 is 5.56 Å². The Morgan fingerprint density at radius 1 is 1.08 bits per heavy atom. The maximum atomic E-state index is 14.2. The van der Waals surface area contributed by atoms with E-state index in [1.807, 2.05) is 36.4 Å². The minimum Gasteiger partial charge on any atom is -0.506 e. The summed E-state index contributed by atoms with van der Waals surface area (Å²) in [5.74, 6) is 1.99. The maximum absolute atomic E-state index is 14.2. The van der Waals surface area contributed by atoms with Gasteiger partial charge in [0.15, 0.2) is 0 Å². The summed E-state index contributed by atoms with van der Waals surface area (Å²) in [6, 6.07) is 17.5. The zero-order valence-corrected chi connectivity index (χ0v) is 20.8. The third-order valence-corrected chi connectivity index (χ3v) is 8.06. The van der Waals surface area contributed by atoms with Gasteiger partial charge in [-0.3, -0.25) is 9.36 Å². The van der Waals surface area contributed by atoms with Crippen molar-refractivity contribution in [2.24, 2.45) is 5.92 Å². The number of phenols is 1. The lowest BCUT2D eigenvalue weighted by Gasteiger charge is -2.19. The molecule has 3 heterocycles. The molecule has 0 saturated carbocycles. The fourth-order valence-electron chi connectivity index (χ4n) is 4.98. The van der Waals surface area contributed by atoms with Crippen LogP contribution in [0.5, 0.6) is 5.75 Å². The van der Waals surface area contributed by atoms with Crippen LogP contribution in [0.25, 0.3) is 20.3 Å². The van der Waals surface area contributed by atoms with Crippen LogP contribution in [-0.4, -0.2) is 14.7 Å². The van der Waals surface area contributed by atoms with Crippen LogP contribution in [-0.2, 0) is 19.4 Å². The van der Waals surface area contributed by atoms with Crippen LogP contribution in [0.15, 0.2) is 93.9 Å². The second kappa shape index (κ2) is 9.28. The highest BCUT2D eigenvalue weighted by Gasteiger charge is 2.22. The molecule has 0 bridgehead atoms. The van der Waals surface area contributed by atoms with Crippen molar-refractivity contribution < 1.29 is 9.52 Å². The summed E-state index contributed by atoms with van der Waals surface area (Å²) in [4.78, 5) is 19.9. The Bertz CT molecular complexity index is 1670. The van der Waals surface area contributed by atoms with E-state index in [9.17, 15) is 9.90 Å². The molecular formula is C30H26N2O3S. The van der Waals surface area contributed by atoms with E-state index < -0.39 is 0 Å². The minimum absolute atomic E-state index is 0.0998. The molecule has 1 unspecified atom stereocenters. The molecule has 2 aromatic carbocycles. The molecule has 0 amide bonds. The monoisotopic (exact) mass is 494 g/mol. The molecule has 5 nitrogen and oxygen atoms in total. The van der Waals surface area contributed by atoms with E-state index in [-0.39, 0.29) is 11.3 Å². The van der Waals surface area contributed by atoms with Crippen molar-refractivity contribution in [1.29, 1.82) is 0 Å². The third-order valence-electron chi connectivity index (χ3n) is 6.95. The molecule has 0 aliphatic heterocycles. The normalized spacial score (nSPS) is 15.6. The molecule has 3 aromatic heterocycles. The van der Waals surface area contributed by atoms with Crippen LogP contribution in [0, 0.1) is 5.92 Å². The number of phenolic OH excluding ortho intramolecular Hbond substituents is 1. The minimum atomic E-state index is -0.0998. The molecule has 5 aromatic rings. The summed E-state index contributed by atoms with van der Waals surface area (Å²) >= 11 is 1.39. The van der Waals surface area contributed by atoms with Crippen molar-refractivity contribution in [2.45, 2.75) is 32.7 Å². The summed E-state index contributed by atoms with van der Waals surface area (Å²) in [6.45, 7) is 2.52. The first kappa shape index (κ1) is 22.6. The van der Waals surface area contributed by atoms with Crippen molar-refractivity contribution in [1.82, 2.24) is 9.55 Å². The Balaban J connectivity index is 1.58. The van der Waals surface area contributed by atoms with Gasteiger partial charge in [-0.1, -0.05) is 67.1 Å². The Morgan fingerprint density at radius 3 is 2.72 bits per heavy atom. The van der Waals surface area contributed by atoms with E-state index in [1.54, 1.807) is 16.9 Å². The van der Waals surface area contributed by atoms with Gasteiger partial charge >= 0.3 is 0 Å². The van der Waals surface area contributed by atoms with Crippen molar-refractivity contribution in [3.63, 3.8) is 0 Å². The first-order chi connectivity index (χ1) is 17.6. The van der Waals surface area contributed by atoms with Gasteiger partial charge in [-0.05, 0) is 48.1 Å². The van der Waals surface area contributed by atoms with Crippen molar-refractivity contribution in [3.8, 4) is 5.75 Å². The van der Waals surface area contributed by atoms with Gasteiger partial charge in [0.25, 0.3) is 5.56 Å². The first-order valence-electron chi connectivity index (χ1n) is 12.2. The number of allylic oxidation sites excluding steroid dienone is 4. The maximum Gasteiger partial charge on any atom is 0.263 e. The summed E-state index contributed by atoms with van der Waals surface area (Å²) in [7, 11) is 0. The molecular weight excluding hydrogens is 468 g/mol. The van der Waals surface area contributed by atoms with Crippen LogP contribution >= 0.6 is 11.3 Å². The van der Waals surface area contributed by atoms with Crippen LogP contribution in [0.1, 0.15) is 36.1 Å². The number of aromatic nitrogens is 2. The SMILES string of the molecule is CC1CC=CC=C1Cc1nc2sc3c(O)ccc(Cc4ccccc4)c3c2c(=O)n1Cc1ccco1. The van der Waals surface area contributed by atoms with Gasteiger partial charge in [0.05, 0.1) is 22.9 Å². The molecule has 6 heteroatoms. The quantitative estimate of drug-likeness (QED) is 0.288. The summed E-state index contributed by atoms with van der Waals surface area (Å²) in [6.07, 6.45) is 10.2. The number of benzene rings is 2. The predicted molar refractivity (Wildman–Crippen MR) is 145 cm³/mol. The average molecular weight is 495 g/mol. The summed E-state index contributed by atoms with van der Waals surface area (Å²) < 4.78 is 8.06. The highest BCUT2D eigenvalue weighted by atomic mass is 32.1. The predicted octanol–water partition coefficient (Wildman–Crippen LogP) is 6.61. The van der Waals surface area contributed by atoms with E-state index in [0.717, 1.165) is 22.9 Å².